The molecule has 1 fully saturated rings. The summed E-state index contributed by atoms with van der Waals surface area (Å²) >= 11 is 0. The van der Waals surface area contributed by atoms with Crippen molar-refractivity contribution in [2.45, 2.75) is 30.7 Å². The van der Waals surface area contributed by atoms with Gasteiger partial charge in [-0.25, -0.2) is 9.18 Å². The van der Waals surface area contributed by atoms with Gasteiger partial charge in [-0.2, -0.15) is 18.4 Å². The summed E-state index contributed by atoms with van der Waals surface area (Å²) in [5.74, 6) is -4.33. The monoisotopic (exact) mass is 522 g/mol. The maximum atomic E-state index is 13.5. The fourth-order valence-electron chi connectivity index (χ4n) is 3.70. The Balaban J connectivity index is 0.000000604. The van der Waals surface area contributed by atoms with Crippen molar-refractivity contribution in [1.82, 2.24) is 9.80 Å². The number of aliphatic carboxylic acids is 1. The number of carbonyl (C=O) groups excluding carboxylic acids is 2. The summed E-state index contributed by atoms with van der Waals surface area (Å²) in [7, 11) is 3.23. The van der Waals surface area contributed by atoms with E-state index in [0.717, 1.165) is 11.1 Å². The van der Waals surface area contributed by atoms with Crippen molar-refractivity contribution in [3.63, 3.8) is 0 Å². The Morgan fingerprint density at radius 1 is 1.14 bits per heavy atom. The van der Waals surface area contributed by atoms with Crippen molar-refractivity contribution >= 4 is 17.8 Å². The van der Waals surface area contributed by atoms with Crippen LogP contribution in [-0.4, -0.2) is 78.3 Å². The lowest BCUT2D eigenvalue weighted by Gasteiger charge is -2.28. The van der Waals surface area contributed by atoms with Crippen molar-refractivity contribution in [2.75, 3.05) is 27.2 Å². The zero-order valence-corrected chi connectivity index (χ0v) is 20.1. The van der Waals surface area contributed by atoms with E-state index < -0.39 is 36.2 Å². The van der Waals surface area contributed by atoms with Crippen LogP contribution in [0, 0.1) is 11.3 Å². The quantitative estimate of drug-likeness (QED) is 0.582. The molecule has 2 aromatic rings. The van der Waals surface area contributed by atoms with E-state index >= 15 is 0 Å². The number of alkyl halides is 4. The molecule has 198 valence electrons. The van der Waals surface area contributed by atoms with Crippen LogP contribution in [0.15, 0.2) is 48.5 Å². The normalized spacial score (nSPS) is 16.6. The van der Waals surface area contributed by atoms with Gasteiger partial charge in [0.1, 0.15) is 12.2 Å². The molecule has 1 aliphatic rings. The number of nitriles is 1. The maximum Gasteiger partial charge on any atom is 0.490 e. The minimum absolute atomic E-state index is 0.0174. The van der Waals surface area contributed by atoms with Gasteiger partial charge >= 0.3 is 12.1 Å². The highest BCUT2D eigenvalue weighted by Crippen LogP contribution is 2.27. The van der Waals surface area contributed by atoms with Crippen LogP contribution in [0.1, 0.15) is 23.5 Å². The largest absolute Gasteiger partial charge is 0.490 e. The first kappa shape index (κ1) is 29.3. The molecular weight excluding hydrogens is 496 g/mol. The molecule has 2 aromatic carbocycles. The molecule has 3 N–H and O–H groups in total. The van der Waals surface area contributed by atoms with E-state index in [1.54, 1.807) is 38.4 Å². The number of carbonyl (C=O) groups is 3. The van der Waals surface area contributed by atoms with Gasteiger partial charge < -0.3 is 20.6 Å². The van der Waals surface area contributed by atoms with Crippen molar-refractivity contribution in [3.05, 3.63) is 59.7 Å². The number of likely N-dealkylation sites (tertiary alicyclic amines) is 1. The van der Waals surface area contributed by atoms with Crippen molar-refractivity contribution in [3.8, 4) is 17.2 Å². The summed E-state index contributed by atoms with van der Waals surface area (Å²) in [6.07, 6.45) is -5.84. The number of hydrogen-bond acceptors (Lipinski definition) is 5. The lowest BCUT2D eigenvalue weighted by atomic mass is 9.88. The first-order valence-electron chi connectivity index (χ1n) is 11.1. The van der Waals surface area contributed by atoms with Crippen LogP contribution >= 0.6 is 0 Å². The number of carboxylic acids is 1. The van der Waals surface area contributed by atoms with E-state index in [9.17, 15) is 27.2 Å². The van der Waals surface area contributed by atoms with E-state index in [1.807, 2.05) is 24.3 Å². The van der Waals surface area contributed by atoms with Crippen molar-refractivity contribution < 1.29 is 37.1 Å². The van der Waals surface area contributed by atoms with Crippen LogP contribution in [0.4, 0.5) is 17.6 Å². The third-order valence-corrected chi connectivity index (χ3v) is 5.63. The molecule has 3 rings (SSSR count). The maximum absolute atomic E-state index is 13.5. The van der Waals surface area contributed by atoms with Crippen molar-refractivity contribution in [1.29, 1.82) is 5.26 Å². The molecule has 12 heteroatoms. The number of nitrogens with zero attached hydrogens (tertiary/aromatic N) is 3. The Morgan fingerprint density at radius 3 is 2.19 bits per heavy atom. The standard InChI is InChI=1S/C23H25FN4O2.C2HF3O2/c1-27(2)22(29)20(21(26)23(30)28-11-10-19(24)14-28)17-8-6-16(7-9-17)18-5-3-4-15(12-18)13-25;3-2(4,5)1(6)7/h3-9,12,19-21H,10-11,14,26H2,1-2H3;(H,6,7)/t19-,20-,21-;/m0./s1. The third-order valence-electron chi connectivity index (χ3n) is 5.63. The molecule has 2 amide bonds. The molecule has 37 heavy (non-hydrogen) atoms. The summed E-state index contributed by atoms with van der Waals surface area (Å²) in [5.41, 5.74) is 9.18. The van der Waals surface area contributed by atoms with Crippen LogP contribution in [0.5, 0.6) is 0 Å². The van der Waals surface area contributed by atoms with Gasteiger partial charge in [-0.1, -0.05) is 36.4 Å². The number of nitrogens with two attached hydrogens (primary N) is 1. The zero-order valence-electron chi connectivity index (χ0n) is 20.1. The molecule has 1 heterocycles. The highest BCUT2D eigenvalue weighted by Gasteiger charge is 2.39. The summed E-state index contributed by atoms with van der Waals surface area (Å²) in [5, 5.41) is 16.2. The Morgan fingerprint density at radius 2 is 1.73 bits per heavy atom. The van der Waals surface area contributed by atoms with Gasteiger partial charge in [0.25, 0.3) is 0 Å². The highest BCUT2D eigenvalue weighted by atomic mass is 19.4. The van der Waals surface area contributed by atoms with Crippen LogP contribution in [0.2, 0.25) is 0 Å². The first-order valence-corrected chi connectivity index (χ1v) is 11.1. The molecule has 3 atom stereocenters. The van der Waals surface area contributed by atoms with Gasteiger partial charge in [0.2, 0.25) is 11.8 Å². The summed E-state index contributed by atoms with van der Waals surface area (Å²) in [4.78, 5) is 37.4. The number of likely N-dealkylation sites (N-methyl/N-ethyl adjacent to an activating group) is 1. The molecular formula is C25H26F4N4O4. The molecule has 0 bridgehead atoms. The number of hydrogen-bond donors (Lipinski definition) is 2. The van der Waals surface area contributed by atoms with E-state index in [1.165, 1.54) is 9.80 Å². The Hall–Kier alpha value is -3.98. The second-order valence-electron chi connectivity index (χ2n) is 8.52. The molecule has 0 spiro atoms. The smallest absolute Gasteiger partial charge is 0.475 e. The van der Waals surface area contributed by atoms with E-state index in [4.69, 9.17) is 20.9 Å². The van der Waals surface area contributed by atoms with E-state index in [-0.39, 0.29) is 12.5 Å². The number of benzene rings is 2. The molecule has 0 aliphatic carbocycles. The minimum atomic E-state index is -5.08. The van der Waals surface area contributed by atoms with Crippen LogP contribution in [0.25, 0.3) is 11.1 Å². The van der Waals surface area contributed by atoms with Gasteiger partial charge in [0.15, 0.2) is 0 Å². The average Bonchev–Trinajstić information content (AvgIpc) is 3.30. The van der Waals surface area contributed by atoms with Crippen LogP contribution in [0.3, 0.4) is 0 Å². The lowest BCUT2D eigenvalue weighted by Crippen LogP contribution is -2.50. The van der Waals surface area contributed by atoms with Crippen LogP contribution in [-0.2, 0) is 14.4 Å². The molecule has 0 radical (unpaired) electrons. The summed E-state index contributed by atoms with van der Waals surface area (Å²) in [6.45, 7) is 0.328. The molecule has 8 nitrogen and oxygen atoms in total. The van der Waals surface area contributed by atoms with Gasteiger partial charge in [0.05, 0.1) is 24.1 Å². The van der Waals surface area contributed by atoms with Crippen molar-refractivity contribution in [2.24, 2.45) is 5.73 Å². The van der Waals surface area contributed by atoms with E-state index in [2.05, 4.69) is 6.07 Å². The molecule has 0 unspecified atom stereocenters. The second-order valence-corrected chi connectivity index (χ2v) is 8.52. The van der Waals surface area contributed by atoms with Gasteiger partial charge in [0, 0.05) is 20.6 Å². The molecule has 0 aromatic heterocycles. The first-order chi connectivity index (χ1) is 17.3. The molecule has 1 aliphatic heterocycles. The topological polar surface area (TPSA) is 128 Å². The SMILES string of the molecule is CN(C)C(=O)[C@@H](c1ccc(-c2cccc(C#N)c2)cc1)[C@H](N)C(=O)N1CC[C@H](F)C1.O=C(O)C(F)(F)F. The number of carboxylic acid groups (broad SMARTS) is 1. The number of amides is 2. The average molecular weight is 522 g/mol. The second kappa shape index (κ2) is 12.3. The Kier molecular flexibility index (Phi) is 9.74. The van der Waals surface area contributed by atoms with E-state index in [0.29, 0.717) is 24.1 Å². The predicted octanol–water partition coefficient (Wildman–Crippen LogP) is 2.93. The van der Waals surface area contributed by atoms with Gasteiger partial charge in [-0.3, -0.25) is 9.59 Å². The Bertz CT molecular complexity index is 1160. The molecule has 0 saturated carbocycles. The minimum Gasteiger partial charge on any atom is -0.475 e. The van der Waals surface area contributed by atoms with Gasteiger partial charge in [-0.15, -0.1) is 0 Å². The zero-order chi connectivity index (χ0) is 27.9. The summed E-state index contributed by atoms with van der Waals surface area (Å²) in [6, 6.07) is 15.5. The fourth-order valence-corrected chi connectivity index (χ4v) is 3.70. The summed E-state index contributed by atoms with van der Waals surface area (Å²) < 4.78 is 45.3. The highest BCUT2D eigenvalue weighted by molar-refractivity contribution is 5.93. The molecule has 1 saturated heterocycles. The third kappa shape index (κ3) is 7.75. The number of halogens is 4. The Labute approximate surface area is 210 Å². The lowest BCUT2D eigenvalue weighted by molar-refractivity contribution is -0.192. The number of rotatable bonds is 5. The van der Waals surface area contributed by atoms with Crippen LogP contribution < -0.4 is 5.73 Å². The predicted molar refractivity (Wildman–Crippen MR) is 126 cm³/mol. The fraction of sp³-hybridized carbons (Fsp3) is 0.360. The van der Waals surface area contributed by atoms with Gasteiger partial charge in [-0.05, 0) is 35.2 Å².